The fourth-order valence-electron chi connectivity index (χ4n) is 3.03. The zero-order valence-electron chi connectivity index (χ0n) is 12.2. The van der Waals surface area contributed by atoms with Gasteiger partial charge in [-0.2, -0.15) is 0 Å². The van der Waals surface area contributed by atoms with Gasteiger partial charge in [-0.3, -0.25) is 9.80 Å². The Hall–Kier alpha value is -1.17. The molecule has 0 bridgehead atoms. The topological polar surface area (TPSA) is 45.4 Å². The summed E-state index contributed by atoms with van der Waals surface area (Å²) in [6.45, 7) is 10.2. The predicted molar refractivity (Wildman–Crippen MR) is 86.0 cm³/mol. The summed E-state index contributed by atoms with van der Waals surface area (Å²) in [5.41, 5.74) is 8.14. The number of rotatable bonds is 3. The molecule has 1 fully saturated rings. The van der Waals surface area contributed by atoms with E-state index < -0.39 is 0 Å². The van der Waals surface area contributed by atoms with Crippen molar-refractivity contribution in [2.45, 2.75) is 26.4 Å². The number of benzene rings is 1. The standard InChI is InChI=1S/C15H22N4S/c1-3-19-7-6-18(9-11(19)2)10-12-4-5-13-14(8-12)20-15(16)17-13/h4-5,8,11H,3,6-7,9-10H2,1-2H3,(H2,16,17). The number of piperazine rings is 1. The summed E-state index contributed by atoms with van der Waals surface area (Å²) in [7, 11) is 0. The van der Waals surface area contributed by atoms with Gasteiger partial charge in [-0.05, 0) is 31.2 Å². The molecule has 2 N–H and O–H groups in total. The van der Waals surface area contributed by atoms with Gasteiger partial charge in [0.15, 0.2) is 5.13 Å². The van der Waals surface area contributed by atoms with E-state index in [-0.39, 0.29) is 0 Å². The molecule has 0 radical (unpaired) electrons. The van der Waals surface area contributed by atoms with Crippen LogP contribution in [0.25, 0.3) is 10.2 Å². The maximum atomic E-state index is 5.77. The summed E-state index contributed by atoms with van der Waals surface area (Å²) < 4.78 is 1.19. The van der Waals surface area contributed by atoms with Crippen molar-refractivity contribution >= 4 is 26.7 Å². The van der Waals surface area contributed by atoms with Crippen LogP contribution in [0, 0.1) is 0 Å². The summed E-state index contributed by atoms with van der Waals surface area (Å²) in [6, 6.07) is 7.15. The van der Waals surface area contributed by atoms with Gasteiger partial charge in [-0.1, -0.05) is 24.3 Å². The quantitative estimate of drug-likeness (QED) is 0.943. The Morgan fingerprint density at radius 3 is 3.00 bits per heavy atom. The van der Waals surface area contributed by atoms with Gasteiger partial charge in [-0.15, -0.1) is 0 Å². The zero-order chi connectivity index (χ0) is 14.1. The van der Waals surface area contributed by atoms with Gasteiger partial charge in [0.05, 0.1) is 10.2 Å². The number of likely N-dealkylation sites (N-methyl/N-ethyl adjacent to an activating group) is 1. The molecule has 0 saturated carbocycles. The third kappa shape index (κ3) is 2.80. The molecule has 5 heteroatoms. The van der Waals surface area contributed by atoms with Crippen molar-refractivity contribution in [1.29, 1.82) is 0 Å². The van der Waals surface area contributed by atoms with Crippen LogP contribution in [0.5, 0.6) is 0 Å². The number of nitrogen functional groups attached to an aromatic ring is 1. The van der Waals surface area contributed by atoms with E-state index in [1.807, 2.05) is 0 Å². The Morgan fingerprint density at radius 1 is 1.40 bits per heavy atom. The minimum atomic E-state index is 0.650. The number of nitrogens with zero attached hydrogens (tertiary/aromatic N) is 3. The Kier molecular flexibility index (Phi) is 3.92. The molecule has 2 aromatic rings. The molecule has 20 heavy (non-hydrogen) atoms. The fraction of sp³-hybridized carbons (Fsp3) is 0.533. The van der Waals surface area contributed by atoms with Crippen molar-refractivity contribution in [3.63, 3.8) is 0 Å². The van der Waals surface area contributed by atoms with Crippen molar-refractivity contribution in [2.75, 3.05) is 31.9 Å². The first-order valence-corrected chi connectivity index (χ1v) is 8.08. The van der Waals surface area contributed by atoms with Crippen LogP contribution in [0.3, 0.4) is 0 Å². The number of anilines is 1. The summed E-state index contributed by atoms with van der Waals surface area (Å²) in [5, 5.41) is 0.655. The number of nitrogens with two attached hydrogens (primary N) is 1. The first-order chi connectivity index (χ1) is 9.65. The molecule has 4 nitrogen and oxygen atoms in total. The summed E-state index contributed by atoms with van der Waals surface area (Å²) >= 11 is 1.57. The average molecular weight is 290 g/mol. The first-order valence-electron chi connectivity index (χ1n) is 7.27. The minimum absolute atomic E-state index is 0.650. The number of hydrogen-bond acceptors (Lipinski definition) is 5. The molecule has 1 unspecified atom stereocenters. The summed E-state index contributed by atoms with van der Waals surface area (Å²) in [4.78, 5) is 9.40. The third-order valence-electron chi connectivity index (χ3n) is 4.13. The highest BCUT2D eigenvalue weighted by Gasteiger charge is 2.22. The van der Waals surface area contributed by atoms with Crippen molar-refractivity contribution < 1.29 is 0 Å². The van der Waals surface area contributed by atoms with E-state index >= 15 is 0 Å². The van der Waals surface area contributed by atoms with Crippen LogP contribution in [0.2, 0.25) is 0 Å². The maximum absolute atomic E-state index is 5.77. The second kappa shape index (κ2) is 5.68. The van der Waals surface area contributed by atoms with Gasteiger partial charge < -0.3 is 5.73 Å². The van der Waals surface area contributed by atoms with Gasteiger partial charge in [0.25, 0.3) is 0 Å². The average Bonchev–Trinajstić information content (AvgIpc) is 2.78. The van der Waals surface area contributed by atoms with Gasteiger partial charge in [0, 0.05) is 32.2 Å². The molecule has 1 aliphatic rings. The molecule has 108 valence electrons. The van der Waals surface area contributed by atoms with Gasteiger partial charge in [0.2, 0.25) is 0 Å². The normalized spacial score (nSPS) is 21.6. The highest BCUT2D eigenvalue weighted by atomic mass is 32.1. The molecule has 0 aliphatic carbocycles. The highest BCUT2D eigenvalue weighted by Crippen LogP contribution is 2.25. The van der Waals surface area contributed by atoms with Crippen molar-refractivity contribution in [2.24, 2.45) is 0 Å². The van der Waals surface area contributed by atoms with Crippen LogP contribution in [-0.2, 0) is 6.54 Å². The smallest absolute Gasteiger partial charge is 0.181 e. The molecule has 1 aromatic carbocycles. The SMILES string of the molecule is CCN1CCN(Cc2ccc3nc(N)sc3c2)CC1C. The van der Waals surface area contributed by atoms with E-state index in [1.165, 1.54) is 16.8 Å². The zero-order valence-corrected chi connectivity index (χ0v) is 13.0. The number of fused-ring (bicyclic) bond motifs is 1. The van der Waals surface area contributed by atoms with E-state index in [1.54, 1.807) is 11.3 Å². The predicted octanol–water partition coefficient (Wildman–Crippen LogP) is 2.40. The lowest BCUT2D eigenvalue weighted by atomic mass is 10.1. The lowest BCUT2D eigenvalue weighted by Crippen LogP contribution is -2.51. The Bertz CT molecular complexity index is 595. The molecule has 0 amide bonds. The molecular formula is C15H22N4S. The Morgan fingerprint density at radius 2 is 2.25 bits per heavy atom. The molecule has 1 saturated heterocycles. The second-order valence-corrected chi connectivity index (χ2v) is 6.63. The van der Waals surface area contributed by atoms with E-state index in [9.17, 15) is 0 Å². The van der Waals surface area contributed by atoms with Crippen LogP contribution in [-0.4, -0.2) is 47.0 Å². The van der Waals surface area contributed by atoms with Crippen molar-refractivity contribution in [1.82, 2.24) is 14.8 Å². The molecular weight excluding hydrogens is 268 g/mol. The second-order valence-electron chi connectivity index (χ2n) is 5.57. The monoisotopic (exact) mass is 290 g/mol. The number of hydrogen-bond donors (Lipinski definition) is 1. The van der Waals surface area contributed by atoms with E-state index in [0.717, 1.165) is 31.7 Å². The lowest BCUT2D eigenvalue weighted by Gasteiger charge is -2.39. The van der Waals surface area contributed by atoms with E-state index in [0.29, 0.717) is 11.2 Å². The van der Waals surface area contributed by atoms with E-state index in [4.69, 9.17) is 5.73 Å². The maximum Gasteiger partial charge on any atom is 0.181 e. The van der Waals surface area contributed by atoms with Gasteiger partial charge in [0.1, 0.15) is 0 Å². The van der Waals surface area contributed by atoms with Crippen LogP contribution >= 0.6 is 11.3 Å². The van der Waals surface area contributed by atoms with Crippen molar-refractivity contribution in [3.05, 3.63) is 23.8 Å². The van der Waals surface area contributed by atoms with Crippen LogP contribution in [0.1, 0.15) is 19.4 Å². The van der Waals surface area contributed by atoms with Crippen LogP contribution in [0.4, 0.5) is 5.13 Å². The Balaban J connectivity index is 1.70. The molecule has 2 heterocycles. The molecule has 0 spiro atoms. The molecule has 1 aromatic heterocycles. The Labute approximate surface area is 124 Å². The number of aromatic nitrogens is 1. The third-order valence-corrected chi connectivity index (χ3v) is 4.98. The lowest BCUT2D eigenvalue weighted by molar-refractivity contribution is 0.0835. The fourth-order valence-corrected chi connectivity index (χ4v) is 3.83. The first kappa shape index (κ1) is 13.8. The summed E-state index contributed by atoms with van der Waals surface area (Å²) in [5.74, 6) is 0. The summed E-state index contributed by atoms with van der Waals surface area (Å²) in [6.07, 6.45) is 0. The van der Waals surface area contributed by atoms with Gasteiger partial charge >= 0.3 is 0 Å². The molecule has 3 rings (SSSR count). The van der Waals surface area contributed by atoms with Gasteiger partial charge in [-0.25, -0.2) is 4.98 Å². The van der Waals surface area contributed by atoms with Crippen LogP contribution in [0.15, 0.2) is 18.2 Å². The molecule has 1 atom stereocenters. The van der Waals surface area contributed by atoms with Crippen molar-refractivity contribution in [3.8, 4) is 0 Å². The van der Waals surface area contributed by atoms with E-state index in [2.05, 4.69) is 46.8 Å². The highest BCUT2D eigenvalue weighted by molar-refractivity contribution is 7.22. The largest absolute Gasteiger partial charge is 0.375 e. The number of thiazole rings is 1. The van der Waals surface area contributed by atoms with Crippen LogP contribution < -0.4 is 5.73 Å². The molecule has 1 aliphatic heterocycles. The minimum Gasteiger partial charge on any atom is -0.375 e.